The zero-order chi connectivity index (χ0) is 22.2. The van der Waals surface area contributed by atoms with E-state index in [1.54, 1.807) is 25.3 Å². The number of hydrogen-bond donors (Lipinski definition) is 1. The van der Waals surface area contributed by atoms with Gasteiger partial charge in [-0.2, -0.15) is 4.98 Å². The second kappa shape index (κ2) is 10.2. The highest BCUT2D eigenvalue weighted by Crippen LogP contribution is 2.20. The minimum absolute atomic E-state index is 0.171. The van der Waals surface area contributed by atoms with Gasteiger partial charge < -0.3 is 19.3 Å². The van der Waals surface area contributed by atoms with Gasteiger partial charge in [0, 0.05) is 11.6 Å². The minimum Gasteiger partial charge on any atom is -0.497 e. The van der Waals surface area contributed by atoms with Crippen molar-refractivity contribution >= 4 is 18.0 Å². The van der Waals surface area contributed by atoms with Gasteiger partial charge >= 0.3 is 5.97 Å². The zero-order valence-corrected chi connectivity index (χ0v) is 17.5. The number of benzene rings is 2. The van der Waals surface area contributed by atoms with Gasteiger partial charge in [-0.1, -0.05) is 41.6 Å². The van der Waals surface area contributed by atoms with Gasteiger partial charge in [0.05, 0.1) is 7.11 Å². The van der Waals surface area contributed by atoms with Gasteiger partial charge in [-0.25, -0.2) is 4.79 Å². The van der Waals surface area contributed by atoms with E-state index in [1.807, 2.05) is 43.3 Å². The number of aryl methyl sites for hydroxylation is 1. The summed E-state index contributed by atoms with van der Waals surface area (Å²) in [5, 5.41) is 6.47. The summed E-state index contributed by atoms with van der Waals surface area (Å²) in [7, 11) is 1.58. The summed E-state index contributed by atoms with van der Waals surface area (Å²) in [4.78, 5) is 28.5. The van der Waals surface area contributed by atoms with Gasteiger partial charge in [-0.05, 0) is 43.2 Å². The maximum absolute atomic E-state index is 12.2. The zero-order valence-electron chi connectivity index (χ0n) is 17.5. The van der Waals surface area contributed by atoms with Crippen LogP contribution in [0.1, 0.15) is 23.9 Å². The number of carbonyl (C=O) groups is 2. The van der Waals surface area contributed by atoms with Crippen LogP contribution in [0.3, 0.4) is 0 Å². The molecular formula is C23H23N3O5. The molecule has 0 aliphatic heterocycles. The van der Waals surface area contributed by atoms with E-state index in [0.717, 1.165) is 22.4 Å². The highest BCUT2D eigenvalue weighted by Gasteiger charge is 2.18. The molecule has 3 aromatic rings. The lowest BCUT2D eigenvalue weighted by atomic mass is 10.1. The molecule has 2 aromatic carbocycles. The number of carbonyl (C=O) groups excluding carboxylic acids is 2. The average molecular weight is 421 g/mol. The van der Waals surface area contributed by atoms with Gasteiger partial charge in [0.25, 0.3) is 5.89 Å². The Morgan fingerprint density at radius 3 is 2.61 bits per heavy atom. The fraction of sp³-hybridized carbons (Fsp3) is 0.217. The van der Waals surface area contributed by atoms with Crippen molar-refractivity contribution in [1.82, 2.24) is 15.5 Å². The number of amides is 1. The fourth-order valence-electron chi connectivity index (χ4n) is 2.71. The molecule has 1 aromatic heterocycles. The first-order valence-corrected chi connectivity index (χ1v) is 9.64. The molecule has 0 bridgehead atoms. The standard InChI is InChI=1S/C23H23N3O5/c1-15-6-4-5-7-19(15)22-25-21(31-26-22)14-30-23(28)16(2)24-20(27)13-10-17-8-11-18(29-3)12-9-17/h4-13,16H,14H2,1-3H3,(H,24,27)/b13-10+/t16-/m0/s1. The SMILES string of the molecule is COc1ccc(/C=C/C(=O)N[C@@H](C)C(=O)OCc2nc(-c3ccccc3C)no2)cc1. The Balaban J connectivity index is 1.48. The van der Waals surface area contributed by atoms with Gasteiger partial charge in [0.15, 0.2) is 6.61 Å². The highest BCUT2D eigenvalue weighted by atomic mass is 16.6. The Morgan fingerprint density at radius 1 is 1.16 bits per heavy atom. The normalized spacial score (nSPS) is 11.8. The predicted molar refractivity (Wildman–Crippen MR) is 114 cm³/mol. The van der Waals surface area contributed by atoms with Crippen LogP contribution in [0.2, 0.25) is 0 Å². The fourth-order valence-corrected chi connectivity index (χ4v) is 2.71. The molecule has 31 heavy (non-hydrogen) atoms. The molecule has 1 heterocycles. The predicted octanol–water partition coefficient (Wildman–Crippen LogP) is 3.31. The lowest BCUT2D eigenvalue weighted by Gasteiger charge is -2.11. The number of nitrogens with zero attached hydrogens (tertiary/aromatic N) is 2. The van der Waals surface area contributed by atoms with E-state index < -0.39 is 17.9 Å². The summed E-state index contributed by atoms with van der Waals surface area (Å²) in [6, 6.07) is 14.0. The Labute approximate surface area is 179 Å². The van der Waals surface area contributed by atoms with Crippen molar-refractivity contribution in [3.63, 3.8) is 0 Å². The number of nitrogens with one attached hydrogen (secondary N) is 1. The van der Waals surface area contributed by atoms with Crippen molar-refractivity contribution < 1.29 is 23.6 Å². The number of rotatable bonds is 8. The van der Waals surface area contributed by atoms with Crippen molar-refractivity contribution in [1.29, 1.82) is 0 Å². The second-order valence-electron chi connectivity index (χ2n) is 6.77. The van der Waals surface area contributed by atoms with Crippen LogP contribution in [0.5, 0.6) is 5.75 Å². The van der Waals surface area contributed by atoms with Crippen LogP contribution < -0.4 is 10.1 Å². The lowest BCUT2D eigenvalue weighted by molar-refractivity contribution is -0.149. The summed E-state index contributed by atoms with van der Waals surface area (Å²) < 4.78 is 15.4. The number of hydrogen-bond acceptors (Lipinski definition) is 7. The molecule has 0 unspecified atom stereocenters. The number of ether oxygens (including phenoxy) is 2. The van der Waals surface area contributed by atoms with Crippen LogP contribution in [0.25, 0.3) is 17.5 Å². The van der Waals surface area contributed by atoms with Gasteiger partial charge in [-0.3, -0.25) is 4.79 Å². The van der Waals surface area contributed by atoms with Crippen LogP contribution in [-0.4, -0.2) is 35.2 Å². The van der Waals surface area contributed by atoms with Gasteiger partial charge in [-0.15, -0.1) is 0 Å². The Morgan fingerprint density at radius 2 is 1.90 bits per heavy atom. The Kier molecular flexibility index (Phi) is 7.16. The third-order valence-electron chi connectivity index (χ3n) is 4.45. The van der Waals surface area contributed by atoms with E-state index in [1.165, 1.54) is 13.0 Å². The molecular weight excluding hydrogens is 398 g/mol. The van der Waals surface area contributed by atoms with Gasteiger partial charge in [0.1, 0.15) is 11.8 Å². The van der Waals surface area contributed by atoms with E-state index in [-0.39, 0.29) is 12.5 Å². The van der Waals surface area contributed by atoms with Crippen LogP contribution in [0, 0.1) is 6.92 Å². The second-order valence-corrected chi connectivity index (χ2v) is 6.77. The minimum atomic E-state index is -0.841. The third-order valence-corrected chi connectivity index (χ3v) is 4.45. The molecule has 0 radical (unpaired) electrons. The van der Waals surface area contributed by atoms with Crippen LogP contribution in [0.15, 0.2) is 59.1 Å². The summed E-state index contributed by atoms with van der Waals surface area (Å²) in [5.41, 5.74) is 2.67. The van der Waals surface area contributed by atoms with E-state index >= 15 is 0 Å². The van der Waals surface area contributed by atoms with Crippen molar-refractivity contribution in [3.05, 3.63) is 71.6 Å². The van der Waals surface area contributed by atoms with Crippen LogP contribution >= 0.6 is 0 Å². The van der Waals surface area contributed by atoms with Crippen molar-refractivity contribution in [2.75, 3.05) is 7.11 Å². The molecule has 3 rings (SSSR count). The molecule has 0 saturated carbocycles. The molecule has 0 fully saturated rings. The summed E-state index contributed by atoms with van der Waals surface area (Å²) in [6.45, 7) is 3.30. The molecule has 0 aliphatic carbocycles. The van der Waals surface area contributed by atoms with E-state index in [9.17, 15) is 9.59 Å². The molecule has 1 atom stereocenters. The number of esters is 1. The van der Waals surface area contributed by atoms with E-state index in [2.05, 4.69) is 15.5 Å². The molecule has 8 nitrogen and oxygen atoms in total. The third kappa shape index (κ3) is 6.02. The molecule has 0 spiro atoms. The first kappa shape index (κ1) is 21.8. The lowest BCUT2D eigenvalue weighted by Crippen LogP contribution is -2.38. The first-order chi connectivity index (χ1) is 15.0. The topological polar surface area (TPSA) is 104 Å². The van der Waals surface area contributed by atoms with E-state index in [0.29, 0.717) is 5.82 Å². The molecule has 1 N–H and O–H groups in total. The van der Waals surface area contributed by atoms with Crippen LogP contribution in [-0.2, 0) is 20.9 Å². The molecule has 160 valence electrons. The maximum Gasteiger partial charge on any atom is 0.328 e. The number of methoxy groups -OCH3 is 1. The Hall–Kier alpha value is -3.94. The number of aromatic nitrogens is 2. The Bertz CT molecular complexity index is 1070. The molecule has 0 aliphatic rings. The van der Waals surface area contributed by atoms with E-state index in [4.69, 9.17) is 14.0 Å². The van der Waals surface area contributed by atoms with Gasteiger partial charge in [0.2, 0.25) is 11.7 Å². The van der Waals surface area contributed by atoms with Crippen molar-refractivity contribution in [2.45, 2.75) is 26.5 Å². The van der Waals surface area contributed by atoms with Crippen molar-refractivity contribution in [2.24, 2.45) is 0 Å². The monoisotopic (exact) mass is 421 g/mol. The molecule has 8 heteroatoms. The largest absolute Gasteiger partial charge is 0.497 e. The quantitative estimate of drug-likeness (QED) is 0.439. The highest BCUT2D eigenvalue weighted by molar-refractivity contribution is 5.94. The maximum atomic E-state index is 12.2. The molecule has 1 amide bonds. The molecule has 0 saturated heterocycles. The smallest absolute Gasteiger partial charge is 0.328 e. The summed E-state index contributed by atoms with van der Waals surface area (Å²) in [5.74, 6) is 0.297. The van der Waals surface area contributed by atoms with Crippen molar-refractivity contribution in [3.8, 4) is 17.1 Å². The average Bonchev–Trinajstić information content (AvgIpc) is 3.25. The summed E-state index contributed by atoms with van der Waals surface area (Å²) in [6.07, 6.45) is 2.98. The first-order valence-electron chi connectivity index (χ1n) is 9.64. The summed E-state index contributed by atoms with van der Waals surface area (Å²) >= 11 is 0. The van der Waals surface area contributed by atoms with Crippen LogP contribution in [0.4, 0.5) is 0 Å².